The Morgan fingerprint density at radius 2 is 1.12 bits per heavy atom. The zero-order chi connectivity index (χ0) is 75.1. The molecule has 16 amide bonds. The van der Waals surface area contributed by atoms with Gasteiger partial charge in [0, 0.05) is 36.9 Å². The van der Waals surface area contributed by atoms with E-state index in [9.17, 15) is 101 Å². The molecule has 0 aromatic rings. The smallest absolute Gasteiger partial charge is 0.469 e. The van der Waals surface area contributed by atoms with Crippen molar-refractivity contribution in [3.05, 3.63) is 0 Å². The molecule has 40 nitrogen and oxygen atoms in total. The zero-order valence-corrected chi connectivity index (χ0v) is 58.4. The molecular formula is C59H99N18O22PS. The number of likely N-dealkylation sites (tertiary alicyclic amines) is 2. The Labute approximate surface area is 586 Å². The number of carboxylic acid groups (broad SMARTS) is 1. The first-order valence-electron chi connectivity index (χ1n) is 33.5. The zero-order valence-electron chi connectivity index (χ0n) is 56.7. The van der Waals surface area contributed by atoms with Crippen LogP contribution in [0.4, 0.5) is 4.79 Å². The molecule has 4 aliphatic heterocycles. The standard InChI is InChI=1S/C59H99N18O22PS/c1-31(2)48(74-53(89)36(29-78)68-45(83)27-65-44(82)26-64-43(81)25-63-42(80)17-5-4-16-40-50-37(30-101-40)72-59(95)75-50)56(92)70-34(18-19-47(85)86)51(87)67-28-46(84)73-49(32(3)99-100(96,97)98)58(94)77-23-11-15-39(77)55(91)69-33(12-6-8-20-60)52(88)71-35(13-7-9-21-61)57(93)76-22-10-14-38(76)54(90)66-24-41(62)79/h31-40,48-50,78H,4-30,60-61H2,1-3H3,(H2,62,79)(H,63,80)(H,64,81)(H,65,82)(H,66,90)(H,67,87)(H,68,83)(H,69,91)(H,70,92)(H,71,88)(H,73,84)(H,74,89)(H,85,86)(H2,72,75,95)(H2,96,97,98)/t32-,33+,34+,35+,36+,37+,38+,39+,40+,48+,49+,50+/m1/s1. The van der Waals surface area contributed by atoms with Gasteiger partial charge in [-0.3, -0.25) is 76.4 Å². The third-order valence-corrected chi connectivity index (χ3v) is 18.9. The van der Waals surface area contributed by atoms with E-state index in [4.69, 9.17) is 21.7 Å². The summed E-state index contributed by atoms with van der Waals surface area (Å²) in [6.07, 6.45) is 1.38. The van der Waals surface area contributed by atoms with Crippen LogP contribution in [0.2, 0.25) is 0 Å². The number of carbonyl (C=O) groups is 16. The molecule has 4 heterocycles. The maximum Gasteiger partial charge on any atom is 0.469 e. The molecule has 4 aliphatic rings. The number of nitrogens with two attached hydrogens (primary N) is 3. The van der Waals surface area contributed by atoms with Crippen molar-refractivity contribution in [2.75, 3.05) is 71.3 Å². The molecule has 4 fully saturated rings. The van der Waals surface area contributed by atoms with E-state index in [1.165, 1.54) is 18.7 Å². The number of carboxylic acids is 1. The molecule has 4 saturated heterocycles. The number of carbonyl (C=O) groups excluding carboxylic acids is 15. The highest BCUT2D eigenvalue weighted by atomic mass is 32.2. The largest absolute Gasteiger partial charge is 0.481 e. The Hall–Kier alpha value is -8.34. The van der Waals surface area contributed by atoms with Crippen LogP contribution in [0.1, 0.15) is 124 Å². The SMILES string of the molecule is CC(C)[C@H](NC(=O)[C@H](CO)NC(=O)CNC(=O)CNC(=O)CNC(=O)CCCC[C@@H]1SC[C@@H]2NC(=O)N[C@@H]21)C(=O)N[C@@H](CCC(=O)O)C(=O)NCC(=O)N[C@H](C(=O)N1CCC[C@H]1C(=O)N[C@@H](CCCCN)C(=O)N[C@@H](CCCCN)C(=O)N1CCC[C@H]1C(=O)NCC(N)=O)[C@@H](C)OP(=O)(O)O. The molecule has 0 unspecified atom stereocenters. The van der Waals surface area contributed by atoms with E-state index in [1.54, 1.807) is 11.8 Å². The number of nitrogens with one attached hydrogen (secondary N) is 13. The van der Waals surface area contributed by atoms with Gasteiger partial charge in [0.15, 0.2) is 0 Å². The minimum Gasteiger partial charge on any atom is -0.481 e. The number of hydrogen-bond acceptors (Lipinski definition) is 22. The van der Waals surface area contributed by atoms with Crippen LogP contribution in [0.15, 0.2) is 0 Å². The number of urea groups is 1. The van der Waals surface area contributed by atoms with Crippen molar-refractivity contribution in [3.63, 3.8) is 0 Å². The van der Waals surface area contributed by atoms with Crippen molar-refractivity contribution in [3.8, 4) is 0 Å². The second kappa shape index (κ2) is 42.8. The fraction of sp³-hybridized carbons (Fsp3) is 0.729. The molecule has 568 valence electrons. The van der Waals surface area contributed by atoms with Crippen LogP contribution in [-0.4, -0.2) is 268 Å². The van der Waals surface area contributed by atoms with E-state index in [0.29, 0.717) is 38.5 Å². The summed E-state index contributed by atoms with van der Waals surface area (Å²) in [6, 6.07) is -12.0. The molecule has 0 aromatic heterocycles. The molecular weight excluding hydrogens is 1380 g/mol. The van der Waals surface area contributed by atoms with Gasteiger partial charge in [-0.25, -0.2) is 9.36 Å². The number of fused-ring (bicyclic) bond motifs is 1. The molecule has 0 spiro atoms. The number of amides is 16. The highest BCUT2D eigenvalue weighted by Gasteiger charge is 2.45. The number of aliphatic hydroxyl groups is 1. The van der Waals surface area contributed by atoms with Crippen molar-refractivity contribution >= 4 is 114 Å². The average Bonchev–Trinajstić information content (AvgIpc) is 1.75. The quantitative estimate of drug-likeness (QED) is 0.0153. The summed E-state index contributed by atoms with van der Waals surface area (Å²) in [5.41, 5.74) is 16.7. The number of phosphoric ester groups is 1. The molecule has 0 bridgehead atoms. The monoisotopic (exact) mass is 1470 g/mol. The van der Waals surface area contributed by atoms with Crippen LogP contribution >= 0.6 is 19.6 Å². The summed E-state index contributed by atoms with van der Waals surface area (Å²) in [4.78, 5) is 231. The Balaban J connectivity index is 1.34. The average molecular weight is 1480 g/mol. The molecule has 0 radical (unpaired) electrons. The Morgan fingerprint density at radius 3 is 1.70 bits per heavy atom. The maximum absolute atomic E-state index is 14.5. The van der Waals surface area contributed by atoms with E-state index >= 15 is 0 Å². The van der Waals surface area contributed by atoms with Crippen LogP contribution in [0.25, 0.3) is 0 Å². The summed E-state index contributed by atoms with van der Waals surface area (Å²) in [5.74, 6) is -13.9. The van der Waals surface area contributed by atoms with Crippen molar-refractivity contribution in [2.45, 2.75) is 195 Å². The van der Waals surface area contributed by atoms with E-state index in [-0.39, 0.29) is 88.1 Å². The highest BCUT2D eigenvalue weighted by Crippen LogP contribution is 2.39. The minimum atomic E-state index is -5.43. The topological polar surface area (TPSA) is 621 Å². The summed E-state index contributed by atoms with van der Waals surface area (Å²) < 4.78 is 16.9. The fourth-order valence-electron chi connectivity index (χ4n) is 11.6. The highest BCUT2D eigenvalue weighted by molar-refractivity contribution is 8.00. The predicted molar refractivity (Wildman–Crippen MR) is 356 cm³/mol. The van der Waals surface area contributed by atoms with Crippen molar-refractivity contribution in [1.29, 1.82) is 0 Å². The second-order valence-corrected chi connectivity index (χ2v) is 27.5. The fourth-order valence-corrected chi connectivity index (χ4v) is 13.7. The van der Waals surface area contributed by atoms with E-state index in [2.05, 4.69) is 69.1 Å². The van der Waals surface area contributed by atoms with E-state index in [0.717, 1.165) is 30.4 Å². The number of thioether (sulfide) groups is 1. The maximum atomic E-state index is 14.5. The minimum absolute atomic E-state index is 0.0156. The number of primary amides is 1. The Kier molecular flexibility index (Phi) is 36.1. The first-order valence-corrected chi connectivity index (χ1v) is 36.1. The lowest BCUT2D eigenvalue weighted by Gasteiger charge is -2.32. The van der Waals surface area contributed by atoms with Gasteiger partial charge in [-0.15, -0.1) is 0 Å². The second-order valence-electron chi connectivity index (χ2n) is 25.0. The lowest BCUT2D eigenvalue weighted by atomic mass is 10.0. The van der Waals surface area contributed by atoms with Gasteiger partial charge in [0.2, 0.25) is 82.7 Å². The lowest BCUT2D eigenvalue weighted by molar-refractivity contribution is -0.144. The van der Waals surface area contributed by atoms with Gasteiger partial charge in [-0.2, -0.15) is 11.8 Å². The molecule has 42 heteroatoms. The number of rotatable bonds is 45. The third kappa shape index (κ3) is 29.3. The molecule has 0 aliphatic carbocycles. The van der Waals surface area contributed by atoms with Gasteiger partial charge >= 0.3 is 19.8 Å². The van der Waals surface area contributed by atoms with Crippen molar-refractivity contribution in [1.82, 2.24) is 78.9 Å². The summed E-state index contributed by atoms with van der Waals surface area (Å²) in [5, 5.41) is 51.5. The third-order valence-electron chi connectivity index (χ3n) is 16.8. The first-order chi connectivity index (χ1) is 47.8. The van der Waals surface area contributed by atoms with Crippen LogP contribution in [0.5, 0.6) is 0 Å². The van der Waals surface area contributed by atoms with Crippen LogP contribution in [0, 0.1) is 5.92 Å². The van der Waals surface area contributed by atoms with Gasteiger partial charge < -0.3 is 116 Å². The van der Waals surface area contributed by atoms with Crippen LogP contribution < -0.4 is 86.3 Å². The number of unbranched alkanes of at least 4 members (excludes halogenated alkanes) is 3. The van der Waals surface area contributed by atoms with Gasteiger partial charge in [-0.05, 0) is 109 Å². The van der Waals surface area contributed by atoms with Crippen LogP contribution in [0.3, 0.4) is 0 Å². The van der Waals surface area contributed by atoms with Crippen molar-refractivity contribution in [2.24, 2.45) is 23.1 Å². The summed E-state index contributed by atoms with van der Waals surface area (Å²) in [6.45, 7) is -0.0289. The van der Waals surface area contributed by atoms with Gasteiger partial charge in [0.05, 0.1) is 57.5 Å². The molecule has 101 heavy (non-hydrogen) atoms. The Morgan fingerprint density at radius 1 is 0.574 bits per heavy atom. The number of aliphatic hydroxyl groups excluding tert-OH is 1. The Bertz CT molecular complexity index is 3000. The van der Waals surface area contributed by atoms with E-state index < -0.39 is 209 Å². The molecule has 0 aromatic carbocycles. The van der Waals surface area contributed by atoms with Gasteiger partial charge in [-0.1, -0.05) is 20.3 Å². The number of phosphoric acid groups is 1. The summed E-state index contributed by atoms with van der Waals surface area (Å²) in [7, 11) is -5.43. The number of nitrogens with zero attached hydrogens (tertiary/aromatic N) is 2. The molecule has 4 rings (SSSR count). The van der Waals surface area contributed by atoms with Gasteiger partial charge in [0.25, 0.3) is 0 Å². The molecule has 0 saturated carbocycles. The van der Waals surface area contributed by atoms with E-state index in [1.807, 2.05) is 0 Å². The molecule has 23 N–H and O–H groups in total. The van der Waals surface area contributed by atoms with Crippen LogP contribution in [-0.2, 0) is 81.0 Å². The van der Waals surface area contributed by atoms with Gasteiger partial charge in [0.1, 0.15) is 48.3 Å². The lowest BCUT2D eigenvalue weighted by Crippen LogP contribution is -2.60. The first kappa shape index (κ1) is 85.1. The number of aliphatic carboxylic acids is 1. The molecule has 12 atom stereocenters. The normalized spacial score (nSPS) is 19.8. The number of hydrogen-bond donors (Lipinski definition) is 20. The predicted octanol–water partition coefficient (Wildman–Crippen LogP) is -8.06. The summed E-state index contributed by atoms with van der Waals surface area (Å²) >= 11 is 1.75. The van der Waals surface area contributed by atoms with Crippen molar-refractivity contribution < 1.29 is 106 Å².